The van der Waals surface area contributed by atoms with Gasteiger partial charge < -0.3 is 0 Å². The first-order valence-corrected chi connectivity index (χ1v) is 5.71. The molecule has 0 fully saturated rings. The predicted octanol–water partition coefficient (Wildman–Crippen LogP) is 0.962. The molecule has 0 aromatic heterocycles. The third kappa shape index (κ3) is 1.47. The van der Waals surface area contributed by atoms with Gasteiger partial charge in [-0.2, -0.15) is 0 Å². The van der Waals surface area contributed by atoms with Gasteiger partial charge in [-0.3, -0.25) is 0 Å². The first kappa shape index (κ1) is 8.72. The van der Waals surface area contributed by atoms with Gasteiger partial charge in [0.2, 0.25) is 10.0 Å². The Hall–Kier alpha value is -0.870. The summed E-state index contributed by atoms with van der Waals surface area (Å²) in [4.78, 5) is 0. The smallest absolute Gasteiger partial charge is 0.212 e. The second-order valence-corrected chi connectivity index (χ2v) is 5.36. The van der Waals surface area contributed by atoms with E-state index in [1.807, 2.05) is 24.3 Å². The van der Waals surface area contributed by atoms with Crippen molar-refractivity contribution in [2.24, 2.45) is 0 Å². The first-order valence-electron chi connectivity index (χ1n) is 4.10. The molecule has 0 atom stereocenters. The van der Waals surface area contributed by atoms with E-state index in [9.17, 15) is 8.42 Å². The zero-order valence-electron chi connectivity index (χ0n) is 7.40. The van der Waals surface area contributed by atoms with Gasteiger partial charge in [0, 0.05) is 13.6 Å². The lowest BCUT2D eigenvalue weighted by Crippen LogP contribution is -2.32. The molecule has 0 unspecified atom stereocenters. The average molecular weight is 197 g/mol. The highest BCUT2D eigenvalue weighted by Gasteiger charge is 2.25. The van der Waals surface area contributed by atoms with Gasteiger partial charge in [-0.05, 0) is 11.1 Å². The Balaban J connectivity index is 2.51. The number of rotatable bonds is 0. The molecule has 0 N–H and O–H groups in total. The van der Waals surface area contributed by atoms with Crippen molar-refractivity contribution in [2.45, 2.75) is 12.3 Å². The molecule has 0 aliphatic carbocycles. The van der Waals surface area contributed by atoms with E-state index in [-0.39, 0.29) is 5.75 Å². The van der Waals surface area contributed by atoms with Crippen molar-refractivity contribution >= 4 is 10.0 Å². The minimum absolute atomic E-state index is 0.139. The van der Waals surface area contributed by atoms with E-state index in [2.05, 4.69) is 0 Å². The molecule has 1 aliphatic rings. The number of fused-ring (bicyclic) bond motifs is 1. The van der Waals surface area contributed by atoms with Crippen LogP contribution in [0.1, 0.15) is 11.1 Å². The molecule has 2 rings (SSSR count). The monoisotopic (exact) mass is 197 g/mol. The number of benzene rings is 1. The second kappa shape index (κ2) is 2.82. The molecule has 1 heterocycles. The summed E-state index contributed by atoms with van der Waals surface area (Å²) in [5.74, 6) is 0.139. The number of sulfonamides is 1. The molecule has 0 radical (unpaired) electrons. The summed E-state index contributed by atoms with van der Waals surface area (Å²) in [7, 11) is -1.43. The summed E-state index contributed by atoms with van der Waals surface area (Å²) >= 11 is 0. The lowest BCUT2D eigenvalue weighted by molar-refractivity contribution is 0.455. The summed E-state index contributed by atoms with van der Waals surface area (Å²) in [5, 5.41) is 0. The average Bonchev–Trinajstić information content (AvgIpc) is 2.06. The molecule has 0 saturated heterocycles. The maximum Gasteiger partial charge on any atom is 0.218 e. The van der Waals surface area contributed by atoms with Crippen molar-refractivity contribution in [3.63, 3.8) is 0 Å². The molecule has 3 nitrogen and oxygen atoms in total. The van der Waals surface area contributed by atoms with Crippen LogP contribution < -0.4 is 0 Å². The van der Waals surface area contributed by atoms with Gasteiger partial charge in [0.05, 0.1) is 5.75 Å². The standard InChI is InChI=1S/C9H11NO2S/c1-10-6-8-4-2-3-5-9(8)7-13(10,11)12/h2-5H,6-7H2,1H3. The highest BCUT2D eigenvalue weighted by molar-refractivity contribution is 7.88. The van der Waals surface area contributed by atoms with E-state index in [4.69, 9.17) is 0 Å². The van der Waals surface area contributed by atoms with E-state index >= 15 is 0 Å². The zero-order valence-corrected chi connectivity index (χ0v) is 8.21. The van der Waals surface area contributed by atoms with E-state index in [1.165, 1.54) is 4.31 Å². The van der Waals surface area contributed by atoms with Gasteiger partial charge >= 0.3 is 0 Å². The highest BCUT2D eigenvalue weighted by atomic mass is 32.2. The van der Waals surface area contributed by atoms with Crippen molar-refractivity contribution < 1.29 is 8.42 Å². The lowest BCUT2D eigenvalue weighted by Gasteiger charge is -2.24. The normalized spacial score (nSPS) is 21.0. The summed E-state index contributed by atoms with van der Waals surface area (Å²) < 4.78 is 24.3. The molecule has 1 aromatic rings. The summed E-state index contributed by atoms with van der Waals surface area (Å²) in [6, 6.07) is 7.66. The largest absolute Gasteiger partial charge is 0.218 e. The van der Waals surface area contributed by atoms with Crippen molar-refractivity contribution in [3.05, 3.63) is 35.4 Å². The van der Waals surface area contributed by atoms with Gasteiger partial charge in [-0.25, -0.2) is 12.7 Å². The maximum atomic E-state index is 11.5. The van der Waals surface area contributed by atoms with Gasteiger partial charge in [0.25, 0.3) is 0 Å². The summed E-state index contributed by atoms with van der Waals surface area (Å²) in [6.45, 7) is 0.499. The number of hydrogen-bond donors (Lipinski definition) is 0. The van der Waals surface area contributed by atoms with E-state index in [0.717, 1.165) is 11.1 Å². The molecule has 70 valence electrons. The van der Waals surface area contributed by atoms with Crippen molar-refractivity contribution in [3.8, 4) is 0 Å². The molecule has 13 heavy (non-hydrogen) atoms. The topological polar surface area (TPSA) is 37.4 Å². The summed E-state index contributed by atoms with van der Waals surface area (Å²) in [6.07, 6.45) is 0. The molecule has 4 heteroatoms. The Labute approximate surface area is 78.0 Å². The van der Waals surface area contributed by atoms with Crippen LogP contribution in [0.2, 0.25) is 0 Å². The van der Waals surface area contributed by atoms with Crippen molar-refractivity contribution in [2.75, 3.05) is 7.05 Å². The third-order valence-electron chi connectivity index (χ3n) is 2.32. The Bertz CT molecular complexity index is 425. The molecule has 0 spiro atoms. The highest BCUT2D eigenvalue weighted by Crippen LogP contribution is 2.22. The number of nitrogens with zero attached hydrogens (tertiary/aromatic N) is 1. The predicted molar refractivity (Wildman–Crippen MR) is 50.5 cm³/mol. The number of hydrogen-bond acceptors (Lipinski definition) is 2. The molecule has 0 bridgehead atoms. The Morgan fingerprint density at radius 1 is 1.23 bits per heavy atom. The third-order valence-corrected chi connectivity index (χ3v) is 4.08. The fourth-order valence-electron chi connectivity index (χ4n) is 1.50. The van der Waals surface area contributed by atoms with Gasteiger partial charge in [-0.15, -0.1) is 0 Å². The fraction of sp³-hybridized carbons (Fsp3) is 0.333. The SMILES string of the molecule is CN1Cc2ccccc2CS1(=O)=O. The second-order valence-electron chi connectivity index (χ2n) is 3.28. The van der Waals surface area contributed by atoms with Crippen LogP contribution in [0, 0.1) is 0 Å². The zero-order chi connectivity index (χ0) is 9.47. The van der Waals surface area contributed by atoms with Crippen molar-refractivity contribution in [1.29, 1.82) is 0 Å². The molecule has 1 aliphatic heterocycles. The van der Waals surface area contributed by atoms with Crippen LogP contribution in [0.25, 0.3) is 0 Å². The Morgan fingerprint density at radius 3 is 2.54 bits per heavy atom. The lowest BCUT2D eigenvalue weighted by atomic mass is 10.1. The van der Waals surface area contributed by atoms with E-state index < -0.39 is 10.0 Å². The Morgan fingerprint density at radius 2 is 1.85 bits per heavy atom. The molecular formula is C9H11NO2S. The van der Waals surface area contributed by atoms with Crippen LogP contribution in [0.3, 0.4) is 0 Å². The fourth-order valence-corrected chi connectivity index (χ4v) is 2.73. The minimum Gasteiger partial charge on any atom is -0.212 e. The van der Waals surface area contributed by atoms with Gasteiger partial charge in [0.15, 0.2) is 0 Å². The van der Waals surface area contributed by atoms with Crippen LogP contribution in [0.5, 0.6) is 0 Å². The van der Waals surface area contributed by atoms with Gasteiger partial charge in [-0.1, -0.05) is 24.3 Å². The van der Waals surface area contributed by atoms with Crippen LogP contribution >= 0.6 is 0 Å². The quantitative estimate of drug-likeness (QED) is 0.621. The first-order chi connectivity index (χ1) is 6.09. The molecule has 0 amide bonds. The van der Waals surface area contributed by atoms with Crippen molar-refractivity contribution in [1.82, 2.24) is 4.31 Å². The maximum absolute atomic E-state index is 11.5. The summed E-state index contributed by atoms with van der Waals surface area (Å²) in [5.41, 5.74) is 2.04. The van der Waals surface area contributed by atoms with E-state index in [1.54, 1.807) is 7.05 Å². The van der Waals surface area contributed by atoms with Crippen LogP contribution in [0.4, 0.5) is 0 Å². The Kier molecular flexibility index (Phi) is 1.89. The van der Waals surface area contributed by atoms with Gasteiger partial charge in [0.1, 0.15) is 0 Å². The van der Waals surface area contributed by atoms with Crippen LogP contribution in [0.15, 0.2) is 24.3 Å². The van der Waals surface area contributed by atoms with E-state index in [0.29, 0.717) is 6.54 Å². The molecular weight excluding hydrogens is 186 g/mol. The van der Waals surface area contributed by atoms with Crippen LogP contribution in [-0.4, -0.2) is 19.8 Å². The molecule has 1 aromatic carbocycles. The minimum atomic E-state index is -3.04. The van der Waals surface area contributed by atoms with Crippen LogP contribution in [-0.2, 0) is 22.3 Å². The molecule has 0 saturated carbocycles.